The molecule has 21 heavy (non-hydrogen) atoms. The van der Waals surface area contributed by atoms with Crippen molar-refractivity contribution in [3.8, 4) is 0 Å². The third-order valence-electron chi connectivity index (χ3n) is 3.25. The molecule has 0 fully saturated rings. The fraction of sp³-hybridized carbons (Fsp3) is 0.118. The van der Waals surface area contributed by atoms with E-state index in [1.54, 1.807) is 0 Å². The van der Waals surface area contributed by atoms with Crippen molar-refractivity contribution in [2.24, 2.45) is 10.1 Å². The zero-order chi connectivity index (χ0) is 14.7. The van der Waals surface area contributed by atoms with Gasteiger partial charge in [0.1, 0.15) is 5.71 Å². The number of aliphatic imine (C=N–C) groups is 1. The second kappa shape index (κ2) is 5.71. The number of para-hydroxylation sites is 1. The molecule has 0 spiro atoms. The molecule has 1 aliphatic heterocycles. The van der Waals surface area contributed by atoms with Crippen LogP contribution in [-0.4, -0.2) is 17.3 Å². The van der Waals surface area contributed by atoms with Crippen molar-refractivity contribution in [1.82, 2.24) is 0 Å². The van der Waals surface area contributed by atoms with Crippen LogP contribution in [0.4, 0.5) is 5.69 Å². The minimum absolute atomic E-state index is 0.172. The summed E-state index contributed by atoms with van der Waals surface area (Å²) in [6.45, 7) is 2.29. The lowest BCUT2D eigenvalue weighted by Gasteiger charge is -2.10. The number of carbonyl (C=O) groups excluding carboxylic acids is 1. The highest BCUT2D eigenvalue weighted by atomic mass is 16.2. The number of benzene rings is 2. The zero-order valence-electron chi connectivity index (χ0n) is 11.7. The smallest absolute Gasteiger partial charge is 0.273 e. The van der Waals surface area contributed by atoms with Crippen LogP contribution >= 0.6 is 0 Å². The van der Waals surface area contributed by atoms with Gasteiger partial charge in [-0.3, -0.25) is 9.79 Å². The second-order valence-electron chi connectivity index (χ2n) is 4.79. The summed E-state index contributed by atoms with van der Waals surface area (Å²) >= 11 is 0. The van der Waals surface area contributed by atoms with Crippen molar-refractivity contribution in [2.45, 2.75) is 13.5 Å². The highest BCUT2D eigenvalue weighted by molar-refractivity contribution is 6.71. The lowest BCUT2D eigenvalue weighted by atomic mass is 10.2. The predicted octanol–water partition coefficient (Wildman–Crippen LogP) is 3.05. The summed E-state index contributed by atoms with van der Waals surface area (Å²) in [6, 6.07) is 19.2. The molecule has 0 N–H and O–H groups in total. The third kappa shape index (κ3) is 2.74. The van der Waals surface area contributed by atoms with Gasteiger partial charge in [-0.1, -0.05) is 48.5 Å². The number of hydrazone groups is 1. The van der Waals surface area contributed by atoms with Gasteiger partial charge in [0, 0.05) is 0 Å². The van der Waals surface area contributed by atoms with Crippen molar-refractivity contribution in [3.63, 3.8) is 0 Å². The molecule has 104 valence electrons. The molecule has 0 radical (unpaired) electrons. The van der Waals surface area contributed by atoms with Gasteiger partial charge >= 0.3 is 0 Å². The molecule has 1 heterocycles. The number of hydrogen-bond donors (Lipinski definition) is 0. The van der Waals surface area contributed by atoms with E-state index in [0.717, 1.165) is 11.3 Å². The van der Waals surface area contributed by atoms with Crippen LogP contribution in [0.2, 0.25) is 0 Å². The molecular weight excluding hydrogens is 262 g/mol. The normalized spacial score (nSPS) is 16.4. The van der Waals surface area contributed by atoms with Crippen molar-refractivity contribution in [1.29, 1.82) is 0 Å². The third-order valence-corrected chi connectivity index (χ3v) is 3.25. The Hall–Kier alpha value is -2.75. The average molecular weight is 277 g/mol. The molecular formula is C17H15N3O. The summed E-state index contributed by atoms with van der Waals surface area (Å²) in [7, 11) is 0. The van der Waals surface area contributed by atoms with Gasteiger partial charge in [0.15, 0.2) is 0 Å². The van der Waals surface area contributed by atoms with Gasteiger partial charge in [-0.15, -0.1) is 0 Å². The molecule has 3 rings (SSSR count). The number of nitrogens with zero attached hydrogens (tertiary/aromatic N) is 3. The van der Waals surface area contributed by atoms with E-state index < -0.39 is 0 Å². The molecule has 0 unspecified atom stereocenters. The van der Waals surface area contributed by atoms with E-state index in [1.807, 2.05) is 67.6 Å². The molecule has 0 bridgehead atoms. The summed E-state index contributed by atoms with van der Waals surface area (Å²) in [4.78, 5) is 16.8. The lowest BCUT2D eigenvalue weighted by Crippen LogP contribution is -2.27. The molecule has 0 saturated heterocycles. The monoisotopic (exact) mass is 277 g/mol. The van der Waals surface area contributed by atoms with Crippen molar-refractivity contribution in [3.05, 3.63) is 66.2 Å². The maximum absolute atomic E-state index is 12.4. The van der Waals surface area contributed by atoms with Crippen LogP contribution in [-0.2, 0) is 11.3 Å². The van der Waals surface area contributed by atoms with E-state index in [-0.39, 0.29) is 5.91 Å². The molecule has 1 aliphatic rings. The molecule has 0 atom stereocenters. The second-order valence-corrected chi connectivity index (χ2v) is 4.79. The van der Waals surface area contributed by atoms with Gasteiger partial charge in [-0.25, -0.2) is 0 Å². The number of amides is 1. The molecule has 4 nitrogen and oxygen atoms in total. The Bertz CT molecular complexity index is 705. The molecule has 0 aliphatic carbocycles. The Kier molecular flexibility index (Phi) is 3.60. The Morgan fingerprint density at radius 2 is 1.62 bits per heavy atom. The van der Waals surface area contributed by atoms with E-state index in [1.165, 1.54) is 5.01 Å². The van der Waals surface area contributed by atoms with E-state index >= 15 is 0 Å². The quantitative estimate of drug-likeness (QED) is 0.850. The Morgan fingerprint density at radius 3 is 2.29 bits per heavy atom. The first-order chi connectivity index (χ1) is 10.3. The predicted molar refractivity (Wildman–Crippen MR) is 84.6 cm³/mol. The summed E-state index contributed by atoms with van der Waals surface area (Å²) in [5.74, 6) is -0.172. The van der Waals surface area contributed by atoms with E-state index in [0.29, 0.717) is 18.0 Å². The van der Waals surface area contributed by atoms with Crippen LogP contribution in [0.3, 0.4) is 0 Å². The first-order valence-electron chi connectivity index (χ1n) is 6.79. The van der Waals surface area contributed by atoms with Gasteiger partial charge in [0.25, 0.3) is 5.91 Å². The van der Waals surface area contributed by atoms with Gasteiger partial charge < -0.3 is 0 Å². The molecule has 1 amide bonds. The molecule has 0 saturated carbocycles. The largest absolute Gasteiger partial charge is 0.298 e. The number of rotatable bonds is 3. The molecule has 2 aromatic rings. The number of hydrogen-bond acceptors (Lipinski definition) is 3. The maximum atomic E-state index is 12.4. The van der Waals surface area contributed by atoms with E-state index in [4.69, 9.17) is 0 Å². The van der Waals surface area contributed by atoms with E-state index in [2.05, 4.69) is 10.1 Å². The summed E-state index contributed by atoms with van der Waals surface area (Å²) in [5.41, 5.74) is 2.91. The number of anilines is 1. The highest BCUT2D eigenvalue weighted by Crippen LogP contribution is 2.19. The lowest BCUT2D eigenvalue weighted by molar-refractivity contribution is -0.112. The summed E-state index contributed by atoms with van der Waals surface area (Å²) in [5, 5.41) is 5.71. The van der Waals surface area contributed by atoms with Gasteiger partial charge in [0.05, 0.1) is 17.9 Å². The van der Waals surface area contributed by atoms with Gasteiger partial charge in [-0.2, -0.15) is 10.1 Å². The van der Waals surface area contributed by atoms with Crippen LogP contribution in [0.15, 0.2) is 70.8 Å². The van der Waals surface area contributed by atoms with Crippen LogP contribution in [0.25, 0.3) is 0 Å². The van der Waals surface area contributed by atoms with Crippen LogP contribution < -0.4 is 5.01 Å². The van der Waals surface area contributed by atoms with Crippen LogP contribution in [0.5, 0.6) is 0 Å². The molecule has 4 heteroatoms. The van der Waals surface area contributed by atoms with Crippen molar-refractivity contribution in [2.75, 3.05) is 5.01 Å². The average Bonchev–Trinajstić information content (AvgIpc) is 2.82. The summed E-state index contributed by atoms with van der Waals surface area (Å²) in [6.07, 6.45) is 0. The SMILES string of the molecule is CC1=NN(c2ccccc2)C(=O)C1=NCc1ccccc1. The first kappa shape index (κ1) is 13.2. The number of carbonyl (C=O) groups is 1. The van der Waals surface area contributed by atoms with Gasteiger partial charge in [0.2, 0.25) is 0 Å². The minimum atomic E-state index is -0.172. The van der Waals surface area contributed by atoms with Gasteiger partial charge in [-0.05, 0) is 24.6 Å². The Morgan fingerprint density at radius 1 is 1.00 bits per heavy atom. The fourth-order valence-electron chi connectivity index (χ4n) is 2.18. The summed E-state index contributed by atoms with van der Waals surface area (Å²) < 4.78 is 0. The standard InChI is InChI=1S/C17H15N3O/c1-13-16(18-12-14-8-4-2-5-9-14)17(21)20(19-13)15-10-6-3-7-11-15/h2-11H,12H2,1H3. The van der Waals surface area contributed by atoms with Crippen molar-refractivity contribution >= 4 is 23.0 Å². The molecule has 2 aromatic carbocycles. The minimum Gasteiger partial charge on any atom is -0.273 e. The fourth-order valence-corrected chi connectivity index (χ4v) is 2.18. The van der Waals surface area contributed by atoms with Crippen molar-refractivity contribution < 1.29 is 4.79 Å². The van der Waals surface area contributed by atoms with Crippen LogP contribution in [0, 0.1) is 0 Å². The zero-order valence-corrected chi connectivity index (χ0v) is 11.7. The topological polar surface area (TPSA) is 45.0 Å². The molecule has 0 aromatic heterocycles. The first-order valence-corrected chi connectivity index (χ1v) is 6.79. The maximum Gasteiger partial charge on any atom is 0.298 e. The van der Waals surface area contributed by atoms with E-state index in [9.17, 15) is 4.79 Å². The van der Waals surface area contributed by atoms with Crippen LogP contribution in [0.1, 0.15) is 12.5 Å². The Balaban J connectivity index is 1.82. The Labute approximate surface area is 123 Å². The highest BCUT2D eigenvalue weighted by Gasteiger charge is 2.29.